The van der Waals surface area contributed by atoms with Gasteiger partial charge in [0, 0.05) is 17.7 Å². The lowest BCUT2D eigenvalue weighted by molar-refractivity contribution is 0.0901. The van der Waals surface area contributed by atoms with Gasteiger partial charge >= 0.3 is 0 Å². The summed E-state index contributed by atoms with van der Waals surface area (Å²) in [4.78, 5) is 17.3. The van der Waals surface area contributed by atoms with Gasteiger partial charge in [-0.15, -0.1) is 0 Å². The van der Waals surface area contributed by atoms with Gasteiger partial charge in [-0.1, -0.05) is 44.2 Å². The van der Waals surface area contributed by atoms with Crippen molar-refractivity contribution in [2.24, 2.45) is 5.92 Å². The molecule has 1 aromatic carbocycles. The third-order valence-electron chi connectivity index (χ3n) is 5.37. The van der Waals surface area contributed by atoms with Crippen molar-refractivity contribution in [2.75, 3.05) is 0 Å². The van der Waals surface area contributed by atoms with Gasteiger partial charge in [-0.25, -0.2) is 4.98 Å². The van der Waals surface area contributed by atoms with E-state index >= 15 is 0 Å². The highest BCUT2D eigenvalue weighted by Crippen LogP contribution is 2.30. The molecule has 6 heteroatoms. The molecule has 0 saturated heterocycles. The van der Waals surface area contributed by atoms with Crippen LogP contribution in [0.25, 0.3) is 0 Å². The molecule has 29 heavy (non-hydrogen) atoms. The average Bonchev–Trinajstić information content (AvgIpc) is 3.26. The summed E-state index contributed by atoms with van der Waals surface area (Å²) in [6.07, 6.45) is 5.54. The highest BCUT2D eigenvalue weighted by atomic mass is 16.4. The maximum absolute atomic E-state index is 12.9. The number of amides is 1. The average molecular weight is 393 g/mol. The molecule has 1 aliphatic rings. The van der Waals surface area contributed by atoms with Gasteiger partial charge in [-0.05, 0) is 37.7 Å². The number of nitrogens with zero attached hydrogens (tertiary/aromatic N) is 3. The first-order chi connectivity index (χ1) is 14.0. The van der Waals surface area contributed by atoms with Crippen molar-refractivity contribution < 1.29 is 9.21 Å². The van der Waals surface area contributed by atoms with E-state index in [0.29, 0.717) is 23.3 Å². The highest BCUT2D eigenvalue weighted by molar-refractivity contribution is 5.92. The Hall–Kier alpha value is -2.89. The topological polar surface area (TPSA) is 73.0 Å². The summed E-state index contributed by atoms with van der Waals surface area (Å²) >= 11 is 0. The van der Waals surface area contributed by atoms with Gasteiger partial charge in [-0.2, -0.15) is 5.10 Å². The van der Waals surface area contributed by atoms with Crippen LogP contribution in [0.2, 0.25) is 0 Å². The highest BCUT2D eigenvalue weighted by Gasteiger charge is 2.28. The predicted octanol–water partition coefficient (Wildman–Crippen LogP) is 4.23. The van der Waals surface area contributed by atoms with Crippen molar-refractivity contribution >= 4 is 5.91 Å². The Morgan fingerprint density at radius 2 is 2.10 bits per heavy atom. The smallest absolute Gasteiger partial charge is 0.289 e. The molecule has 0 radical (unpaired) electrons. The number of hydrogen-bond donors (Lipinski definition) is 1. The van der Waals surface area contributed by atoms with E-state index in [1.807, 2.05) is 31.3 Å². The lowest BCUT2D eigenvalue weighted by Crippen LogP contribution is -2.31. The number of fused-ring (bicyclic) bond motifs is 1. The molecule has 1 aliphatic carbocycles. The molecule has 0 spiro atoms. The van der Waals surface area contributed by atoms with Crippen molar-refractivity contribution in [1.82, 2.24) is 20.1 Å². The Morgan fingerprint density at radius 1 is 1.31 bits per heavy atom. The predicted molar refractivity (Wildman–Crippen MR) is 111 cm³/mol. The normalized spacial score (nSPS) is 16.1. The maximum atomic E-state index is 12.9. The number of rotatable bonds is 6. The van der Waals surface area contributed by atoms with Crippen LogP contribution in [0.5, 0.6) is 0 Å². The molecule has 0 saturated carbocycles. The second-order valence-corrected chi connectivity index (χ2v) is 8.23. The van der Waals surface area contributed by atoms with Gasteiger partial charge in [-0.3, -0.25) is 9.48 Å². The molecule has 0 bridgehead atoms. The van der Waals surface area contributed by atoms with Crippen LogP contribution >= 0.6 is 0 Å². The molecular formula is C23H28N4O2. The molecule has 0 unspecified atom stereocenters. The van der Waals surface area contributed by atoms with Gasteiger partial charge in [0.2, 0.25) is 5.76 Å². The van der Waals surface area contributed by atoms with Crippen molar-refractivity contribution in [1.29, 1.82) is 0 Å². The molecule has 1 atom stereocenters. The molecule has 4 rings (SSSR count). The Bertz CT molecular complexity index is 988. The van der Waals surface area contributed by atoms with Gasteiger partial charge < -0.3 is 9.73 Å². The Morgan fingerprint density at radius 3 is 2.86 bits per heavy atom. The second-order valence-electron chi connectivity index (χ2n) is 8.23. The summed E-state index contributed by atoms with van der Waals surface area (Å²) in [5.41, 5.74) is 4.19. The summed E-state index contributed by atoms with van der Waals surface area (Å²) in [7, 11) is 0. The fourth-order valence-electron chi connectivity index (χ4n) is 3.98. The fourth-order valence-corrected chi connectivity index (χ4v) is 3.98. The van der Waals surface area contributed by atoms with Crippen LogP contribution < -0.4 is 5.32 Å². The summed E-state index contributed by atoms with van der Waals surface area (Å²) in [5, 5.41) is 7.76. The van der Waals surface area contributed by atoms with Crippen LogP contribution in [0, 0.1) is 12.8 Å². The molecule has 1 N–H and O–H groups in total. The maximum Gasteiger partial charge on any atom is 0.289 e. The number of aromatic nitrogens is 3. The summed E-state index contributed by atoms with van der Waals surface area (Å²) < 4.78 is 7.82. The van der Waals surface area contributed by atoms with E-state index in [0.717, 1.165) is 37.8 Å². The molecule has 6 nitrogen and oxygen atoms in total. The van der Waals surface area contributed by atoms with Crippen LogP contribution in [0.15, 0.2) is 40.9 Å². The minimum atomic E-state index is -0.196. The zero-order valence-corrected chi connectivity index (χ0v) is 17.3. The molecule has 0 fully saturated rings. The molecule has 3 aromatic rings. The Labute approximate surface area is 171 Å². The first-order valence-corrected chi connectivity index (χ1v) is 10.4. The van der Waals surface area contributed by atoms with Gasteiger partial charge in [0.15, 0.2) is 5.89 Å². The Balaban J connectivity index is 1.50. The second kappa shape index (κ2) is 8.23. The fraction of sp³-hybridized carbons (Fsp3) is 0.435. The summed E-state index contributed by atoms with van der Waals surface area (Å²) in [6.45, 7) is 6.79. The van der Waals surface area contributed by atoms with Crippen molar-refractivity contribution in [3.05, 3.63) is 70.7 Å². The molecule has 152 valence electrons. The molecular weight excluding hydrogens is 364 g/mol. The monoisotopic (exact) mass is 392 g/mol. The van der Waals surface area contributed by atoms with Crippen molar-refractivity contribution in [2.45, 2.75) is 59.0 Å². The SMILES string of the molecule is Cc1nc(CC(C)C)oc1C(=O)N[C@H]1CCCc2c1cnn2Cc1ccccc1. The lowest BCUT2D eigenvalue weighted by Gasteiger charge is -2.24. The Kier molecular flexibility index (Phi) is 5.51. The van der Waals surface area contributed by atoms with Crippen molar-refractivity contribution in [3.63, 3.8) is 0 Å². The number of aryl methyl sites for hydroxylation is 1. The van der Waals surface area contributed by atoms with Crippen LogP contribution in [0.3, 0.4) is 0 Å². The summed E-state index contributed by atoms with van der Waals surface area (Å²) in [6, 6.07) is 10.3. The van der Waals surface area contributed by atoms with E-state index in [1.165, 1.54) is 11.3 Å². The van der Waals surface area contributed by atoms with Gasteiger partial charge in [0.1, 0.15) is 0 Å². The number of oxazole rings is 1. The third-order valence-corrected chi connectivity index (χ3v) is 5.37. The molecule has 2 aromatic heterocycles. The van der Waals surface area contributed by atoms with E-state index in [4.69, 9.17) is 4.42 Å². The molecule has 2 heterocycles. The minimum absolute atomic E-state index is 0.0474. The van der Waals surface area contributed by atoms with Gasteiger partial charge in [0.25, 0.3) is 5.91 Å². The number of carbonyl (C=O) groups is 1. The van der Waals surface area contributed by atoms with Crippen LogP contribution in [0.4, 0.5) is 0 Å². The van der Waals surface area contributed by atoms with Crippen molar-refractivity contribution in [3.8, 4) is 0 Å². The standard InChI is InChI=1S/C23H28N4O2/c1-15(2)12-21-25-16(3)22(29-21)23(28)26-19-10-7-11-20-18(19)13-24-27(20)14-17-8-5-4-6-9-17/h4-6,8-9,13,15,19H,7,10-12,14H2,1-3H3,(H,26,28)/t19-/m0/s1. The first-order valence-electron chi connectivity index (χ1n) is 10.4. The number of hydrogen-bond acceptors (Lipinski definition) is 4. The summed E-state index contributed by atoms with van der Waals surface area (Å²) in [5.74, 6) is 1.19. The van der Waals surface area contributed by atoms with E-state index in [-0.39, 0.29) is 11.9 Å². The number of benzene rings is 1. The molecule has 1 amide bonds. The zero-order valence-electron chi connectivity index (χ0n) is 17.3. The number of carbonyl (C=O) groups excluding carboxylic acids is 1. The first kappa shape index (κ1) is 19.4. The minimum Gasteiger partial charge on any atom is -0.435 e. The van der Waals surface area contributed by atoms with E-state index < -0.39 is 0 Å². The lowest BCUT2D eigenvalue weighted by atomic mass is 9.92. The number of nitrogens with one attached hydrogen (secondary N) is 1. The van der Waals surface area contributed by atoms with E-state index in [1.54, 1.807) is 0 Å². The van der Waals surface area contributed by atoms with Gasteiger partial charge in [0.05, 0.1) is 24.5 Å². The van der Waals surface area contributed by atoms with Crippen LogP contribution in [-0.4, -0.2) is 20.7 Å². The largest absolute Gasteiger partial charge is 0.435 e. The molecule has 0 aliphatic heterocycles. The van der Waals surface area contributed by atoms with Crippen LogP contribution in [0.1, 0.15) is 71.7 Å². The van der Waals surface area contributed by atoms with E-state index in [9.17, 15) is 4.79 Å². The zero-order chi connectivity index (χ0) is 20.4. The van der Waals surface area contributed by atoms with E-state index in [2.05, 4.69) is 46.1 Å². The third kappa shape index (κ3) is 4.26. The van der Waals surface area contributed by atoms with Crippen LogP contribution in [-0.2, 0) is 19.4 Å². The quantitative estimate of drug-likeness (QED) is 0.681.